The van der Waals surface area contributed by atoms with Gasteiger partial charge in [0, 0.05) is 12.4 Å². The van der Waals surface area contributed by atoms with Crippen molar-refractivity contribution in [2.75, 3.05) is 5.32 Å². The van der Waals surface area contributed by atoms with Gasteiger partial charge in [-0.1, -0.05) is 0 Å². The Morgan fingerprint density at radius 2 is 2.50 bits per heavy atom. The number of fused-ring (bicyclic) bond motifs is 1. The molecule has 50 valence electrons. The number of pyridine rings is 1. The molecule has 0 saturated heterocycles. The molecule has 0 amide bonds. The van der Waals surface area contributed by atoms with E-state index in [4.69, 9.17) is 4.74 Å². The molecule has 1 aliphatic rings. The summed E-state index contributed by atoms with van der Waals surface area (Å²) in [6, 6.07) is 3.76. The Labute approximate surface area is 58.3 Å². The van der Waals surface area contributed by atoms with Crippen LogP contribution in [-0.4, -0.2) is 4.98 Å². The van der Waals surface area contributed by atoms with Gasteiger partial charge >= 0.3 is 0 Å². The minimum atomic E-state index is 0.630. The van der Waals surface area contributed by atoms with Gasteiger partial charge in [0.05, 0.1) is 0 Å². The molecule has 10 heavy (non-hydrogen) atoms. The first-order valence-corrected chi connectivity index (χ1v) is 3.00. The van der Waals surface area contributed by atoms with Gasteiger partial charge in [0.25, 0.3) is 0 Å². The quantitative estimate of drug-likeness (QED) is 0.581. The van der Waals surface area contributed by atoms with Crippen molar-refractivity contribution in [1.29, 1.82) is 0 Å². The topological polar surface area (TPSA) is 34.1 Å². The average Bonchev–Trinajstić information content (AvgIpc) is 2.05. The molecular weight excluding hydrogens is 128 g/mol. The van der Waals surface area contributed by atoms with E-state index < -0.39 is 0 Å². The molecule has 2 heterocycles. The molecular formula is C7H6N2O. The van der Waals surface area contributed by atoms with Gasteiger partial charge in [-0.3, -0.25) is 0 Å². The lowest BCUT2D eigenvalue weighted by Gasteiger charge is -2.09. The number of hydrogen-bond acceptors (Lipinski definition) is 3. The molecule has 1 aromatic heterocycles. The zero-order valence-corrected chi connectivity index (χ0v) is 5.24. The monoisotopic (exact) mass is 134 g/mol. The Morgan fingerprint density at radius 1 is 1.50 bits per heavy atom. The van der Waals surface area contributed by atoms with Gasteiger partial charge in [0.15, 0.2) is 0 Å². The summed E-state index contributed by atoms with van der Waals surface area (Å²) in [5.74, 6) is 0.630. The standard InChI is InChI=1S/C7H6N2O/c1-2-6-7(9-3-1)10-5-4-8-6/h1-5,8H. The van der Waals surface area contributed by atoms with Crippen LogP contribution in [0.4, 0.5) is 5.69 Å². The van der Waals surface area contributed by atoms with Gasteiger partial charge in [-0.05, 0) is 12.1 Å². The summed E-state index contributed by atoms with van der Waals surface area (Å²) in [7, 11) is 0. The van der Waals surface area contributed by atoms with Gasteiger partial charge in [-0.15, -0.1) is 0 Å². The average molecular weight is 134 g/mol. The molecule has 0 aromatic carbocycles. The van der Waals surface area contributed by atoms with Gasteiger partial charge in [-0.25, -0.2) is 4.98 Å². The molecule has 3 heteroatoms. The van der Waals surface area contributed by atoms with Crippen molar-refractivity contribution in [2.24, 2.45) is 0 Å². The SMILES string of the molecule is C1=COc2ncccc2N1. The van der Waals surface area contributed by atoms with Gasteiger partial charge in [0.1, 0.15) is 11.9 Å². The highest BCUT2D eigenvalue weighted by Gasteiger charge is 2.03. The van der Waals surface area contributed by atoms with E-state index in [1.165, 1.54) is 0 Å². The van der Waals surface area contributed by atoms with E-state index in [0.717, 1.165) is 5.69 Å². The number of anilines is 1. The minimum Gasteiger partial charge on any atom is -0.443 e. The molecule has 0 bridgehead atoms. The molecule has 0 fully saturated rings. The molecule has 1 aliphatic heterocycles. The highest BCUT2D eigenvalue weighted by atomic mass is 16.5. The minimum absolute atomic E-state index is 0.630. The number of ether oxygens (including phenoxy) is 1. The molecule has 0 radical (unpaired) electrons. The molecule has 0 aliphatic carbocycles. The normalized spacial score (nSPS) is 13.2. The molecule has 0 saturated carbocycles. The van der Waals surface area contributed by atoms with E-state index in [1.807, 2.05) is 12.1 Å². The van der Waals surface area contributed by atoms with Crippen molar-refractivity contribution in [2.45, 2.75) is 0 Å². The van der Waals surface area contributed by atoms with Crippen LogP contribution in [0.3, 0.4) is 0 Å². The van der Waals surface area contributed by atoms with Gasteiger partial charge in [0.2, 0.25) is 5.88 Å². The molecule has 0 unspecified atom stereocenters. The summed E-state index contributed by atoms with van der Waals surface area (Å²) in [4.78, 5) is 3.98. The van der Waals surface area contributed by atoms with Crippen LogP contribution in [-0.2, 0) is 0 Å². The Balaban J connectivity index is 2.47. The van der Waals surface area contributed by atoms with Gasteiger partial charge in [-0.2, -0.15) is 0 Å². The lowest BCUT2D eigenvalue weighted by Crippen LogP contribution is -2.00. The smallest absolute Gasteiger partial charge is 0.242 e. The van der Waals surface area contributed by atoms with Gasteiger partial charge < -0.3 is 10.1 Å². The molecule has 1 aromatic rings. The third-order valence-corrected chi connectivity index (χ3v) is 1.26. The van der Waals surface area contributed by atoms with E-state index in [9.17, 15) is 0 Å². The zero-order valence-electron chi connectivity index (χ0n) is 5.24. The number of aromatic nitrogens is 1. The maximum Gasteiger partial charge on any atom is 0.242 e. The predicted octanol–water partition coefficient (Wildman–Crippen LogP) is 1.36. The van der Waals surface area contributed by atoms with Crippen molar-refractivity contribution < 1.29 is 4.74 Å². The summed E-state index contributed by atoms with van der Waals surface area (Å²) in [5, 5.41) is 2.99. The van der Waals surface area contributed by atoms with E-state index >= 15 is 0 Å². The Morgan fingerprint density at radius 3 is 3.40 bits per heavy atom. The second kappa shape index (κ2) is 2.02. The number of rotatable bonds is 0. The molecule has 0 atom stereocenters. The molecule has 3 nitrogen and oxygen atoms in total. The van der Waals surface area contributed by atoms with Crippen molar-refractivity contribution >= 4 is 5.69 Å². The molecule has 2 rings (SSSR count). The second-order valence-corrected chi connectivity index (χ2v) is 1.92. The first-order chi connectivity index (χ1) is 4.97. The third-order valence-electron chi connectivity index (χ3n) is 1.26. The van der Waals surface area contributed by atoms with Crippen molar-refractivity contribution in [3.05, 3.63) is 30.8 Å². The van der Waals surface area contributed by atoms with Crippen molar-refractivity contribution in [1.82, 2.24) is 4.98 Å². The Kier molecular flexibility index (Phi) is 1.07. The Hall–Kier alpha value is -1.51. The number of nitrogens with one attached hydrogen (secondary N) is 1. The van der Waals surface area contributed by atoms with Crippen LogP contribution in [0.25, 0.3) is 0 Å². The van der Waals surface area contributed by atoms with Crippen molar-refractivity contribution in [3.8, 4) is 5.88 Å². The van der Waals surface area contributed by atoms with Crippen LogP contribution in [0.5, 0.6) is 5.88 Å². The molecule has 1 N–H and O–H groups in total. The fourth-order valence-electron chi connectivity index (χ4n) is 0.817. The maximum absolute atomic E-state index is 5.07. The number of nitrogens with zero attached hydrogens (tertiary/aromatic N) is 1. The van der Waals surface area contributed by atoms with E-state index in [0.29, 0.717) is 5.88 Å². The van der Waals surface area contributed by atoms with E-state index in [-0.39, 0.29) is 0 Å². The lowest BCUT2D eigenvalue weighted by molar-refractivity contribution is 0.457. The van der Waals surface area contributed by atoms with Crippen LogP contribution in [0.1, 0.15) is 0 Å². The van der Waals surface area contributed by atoms with Crippen LogP contribution < -0.4 is 10.1 Å². The van der Waals surface area contributed by atoms with Crippen LogP contribution >= 0.6 is 0 Å². The Bertz CT molecular complexity index is 243. The summed E-state index contributed by atoms with van der Waals surface area (Å²) < 4.78 is 5.07. The summed E-state index contributed by atoms with van der Waals surface area (Å²) in [5.41, 5.74) is 0.907. The van der Waals surface area contributed by atoms with E-state index in [1.54, 1.807) is 18.7 Å². The fourth-order valence-corrected chi connectivity index (χ4v) is 0.817. The third kappa shape index (κ3) is 0.719. The zero-order chi connectivity index (χ0) is 6.81. The van der Waals surface area contributed by atoms with Crippen LogP contribution in [0.2, 0.25) is 0 Å². The van der Waals surface area contributed by atoms with E-state index in [2.05, 4.69) is 10.3 Å². The molecule has 0 spiro atoms. The maximum atomic E-state index is 5.07. The highest BCUT2D eigenvalue weighted by molar-refractivity contribution is 5.55. The highest BCUT2D eigenvalue weighted by Crippen LogP contribution is 2.22. The van der Waals surface area contributed by atoms with Crippen molar-refractivity contribution in [3.63, 3.8) is 0 Å². The first kappa shape index (κ1) is 5.29. The lowest BCUT2D eigenvalue weighted by atomic mass is 10.4. The largest absolute Gasteiger partial charge is 0.443 e. The first-order valence-electron chi connectivity index (χ1n) is 3.00. The summed E-state index contributed by atoms with van der Waals surface area (Å²) >= 11 is 0. The fraction of sp³-hybridized carbons (Fsp3) is 0. The second-order valence-electron chi connectivity index (χ2n) is 1.92. The predicted molar refractivity (Wildman–Crippen MR) is 37.6 cm³/mol. The summed E-state index contributed by atoms with van der Waals surface area (Å²) in [6.07, 6.45) is 4.99. The number of hydrogen-bond donors (Lipinski definition) is 1. The van der Waals surface area contributed by atoms with Crippen LogP contribution in [0, 0.1) is 0 Å². The summed E-state index contributed by atoms with van der Waals surface area (Å²) in [6.45, 7) is 0. The van der Waals surface area contributed by atoms with Crippen LogP contribution in [0.15, 0.2) is 30.8 Å².